The lowest BCUT2D eigenvalue weighted by molar-refractivity contribution is -0.394. The number of ketones is 2. The number of nitro benzene ring substituents is 4. The van der Waals surface area contributed by atoms with E-state index in [1.165, 1.54) is 0 Å². The van der Waals surface area contributed by atoms with Crippen molar-refractivity contribution in [1.29, 1.82) is 0 Å². The van der Waals surface area contributed by atoms with Gasteiger partial charge in [0.15, 0.2) is 11.6 Å². The van der Waals surface area contributed by atoms with Gasteiger partial charge in [-0.3, -0.25) is 50.0 Å². The molecule has 0 aliphatic heterocycles. The molecule has 0 spiro atoms. The van der Waals surface area contributed by atoms with Crippen LogP contribution in [-0.4, -0.2) is 43.3 Å². The molecule has 0 aromatic heterocycles. The van der Waals surface area contributed by atoms with E-state index in [0.29, 0.717) is 49.2 Å². The third-order valence-electron chi connectivity index (χ3n) is 5.26. The van der Waals surface area contributed by atoms with Gasteiger partial charge in [0, 0.05) is 35.4 Å². The average molecular weight is 504 g/mol. The molecule has 190 valence electrons. The topological polar surface area (TPSA) is 259 Å². The van der Waals surface area contributed by atoms with E-state index in [4.69, 9.17) is 11.5 Å². The molecular formula is C20H20N6O10. The molecule has 0 atom stereocenters. The summed E-state index contributed by atoms with van der Waals surface area (Å²) in [6.07, 6.45) is 0.653. The van der Waals surface area contributed by atoms with Gasteiger partial charge in [-0.2, -0.15) is 0 Å². The maximum absolute atomic E-state index is 13.4. The second-order valence-corrected chi connectivity index (χ2v) is 7.73. The highest BCUT2D eigenvalue weighted by atomic mass is 16.6. The van der Waals surface area contributed by atoms with Crippen molar-refractivity contribution in [3.05, 3.63) is 88.0 Å². The summed E-state index contributed by atoms with van der Waals surface area (Å²) < 4.78 is 0. The molecule has 16 nitrogen and oxygen atoms in total. The number of rotatable bonds is 13. The minimum Gasteiger partial charge on any atom is -0.330 e. The number of nitrogens with zero attached hydrogens (tertiary/aromatic N) is 4. The highest BCUT2D eigenvalue weighted by Gasteiger charge is 2.44. The van der Waals surface area contributed by atoms with Crippen LogP contribution in [0.2, 0.25) is 0 Å². The first-order chi connectivity index (χ1) is 16.8. The molecule has 2 aromatic rings. The van der Waals surface area contributed by atoms with E-state index >= 15 is 0 Å². The minimum atomic E-state index is -2.51. The van der Waals surface area contributed by atoms with Gasteiger partial charge in [-0.15, -0.1) is 0 Å². The van der Waals surface area contributed by atoms with Crippen molar-refractivity contribution < 1.29 is 29.3 Å². The fourth-order valence-corrected chi connectivity index (χ4v) is 3.44. The van der Waals surface area contributed by atoms with E-state index in [-0.39, 0.29) is 19.4 Å². The number of nitro groups is 4. The summed E-state index contributed by atoms with van der Waals surface area (Å²) in [6, 6.07) is 4.06. The van der Waals surface area contributed by atoms with E-state index in [1.54, 1.807) is 0 Å². The summed E-state index contributed by atoms with van der Waals surface area (Å²) in [5, 5.41) is 44.9. The van der Waals surface area contributed by atoms with Crippen LogP contribution in [0.3, 0.4) is 0 Å². The van der Waals surface area contributed by atoms with Gasteiger partial charge in [0.25, 0.3) is 22.7 Å². The first-order valence-corrected chi connectivity index (χ1v) is 10.3. The van der Waals surface area contributed by atoms with Crippen molar-refractivity contribution in [2.75, 3.05) is 6.54 Å². The summed E-state index contributed by atoms with van der Waals surface area (Å²) >= 11 is 0. The standard InChI is InChI=1S/C20H20N6O10/c21-5-3-1-2-4-20(22,18(27)12-6-14(23(29)30)10-15(7-12)24(31)32)19(28)13-8-16(25(33)34)11-17(9-13)26(35)36/h6-11H,1-5,21-22H2. The zero-order chi connectivity index (χ0) is 27.2. The van der Waals surface area contributed by atoms with Crippen LogP contribution in [0.1, 0.15) is 46.4 Å². The molecule has 0 bridgehead atoms. The number of benzene rings is 2. The molecule has 0 heterocycles. The number of hydrogen-bond donors (Lipinski definition) is 2. The highest BCUT2D eigenvalue weighted by molar-refractivity contribution is 6.23. The van der Waals surface area contributed by atoms with Crippen LogP contribution in [0.5, 0.6) is 0 Å². The molecule has 0 saturated carbocycles. The Labute approximate surface area is 201 Å². The van der Waals surface area contributed by atoms with E-state index in [9.17, 15) is 50.0 Å². The van der Waals surface area contributed by atoms with Gasteiger partial charge in [0.2, 0.25) is 0 Å². The van der Waals surface area contributed by atoms with Crippen LogP contribution < -0.4 is 11.5 Å². The molecular weight excluding hydrogens is 484 g/mol. The number of unbranched alkanes of at least 4 members (excludes halogenated alkanes) is 2. The Kier molecular flexibility index (Phi) is 8.53. The van der Waals surface area contributed by atoms with Crippen molar-refractivity contribution in [3.8, 4) is 0 Å². The lowest BCUT2D eigenvalue weighted by Crippen LogP contribution is -2.55. The van der Waals surface area contributed by atoms with Crippen molar-refractivity contribution >= 4 is 34.3 Å². The summed E-state index contributed by atoms with van der Waals surface area (Å²) in [4.78, 5) is 67.9. The zero-order valence-corrected chi connectivity index (χ0v) is 18.5. The minimum absolute atomic E-state index is 0.138. The SMILES string of the molecule is NCCCCCC(N)(C(=O)c1cc([N+](=O)[O-])cc([N+](=O)[O-])c1)C(=O)c1cc([N+](=O)[O-])cc([N+](=O)[O-])c1. The average Bonchev–Trinajstić information content (AvgIpc) is 2.84. The summed E-state index contributed by atoms with van der Waals surface area (Å²) in [7, 11) is 0. The maximum atomic E-state index is 13.4. The predicted molar refractivity (Wildman–Crippen MR) is 123 cm³/mol. The Bertz CT molecular complexity index is 1110. The fraction of sp³-hybridized carbons (Fsp3) is 0.300. The molecule has 0 radical (unpaired) electrons. The quantitative estimate of drug-likeness (QED) is 0.131. The monoisotopic (exact) mass is 504 g/mol. The molecule has 2 rings (SSSR count). The number of hydrogen-bond acceptors (Lipinski definition) is 12. The smallest absolute Gasteiger partial charge is 0.277 e. The number of non-ortho nitro benzene ring substituents is 4. The van der Waals surface area contributed by atoms with Gasteiger partial charge < -0.3 is 11.5 Å². The first-order valence-electron chi connectivity index (χ1n) is 10.3. The second kappa shape index (κ2) is 11.2. The van der Waals surface area contributed by atoms with Gasteiger partial charge in [-0.1, -0.05) is 12.8 Å². The molecule has 0 aliphatic carbocycles. The van der Waals surface area contributed by atoms with Gasteiger partial charge in [0.05, 0.1) is 31.8 Å². The van der Waals surface area contributed by atoms with E-state index in [2.05, 4.69) is 0 Å². The summed E-state index contributed by atoms with van der Waals surface area (Å²) in [6.45, 7) is 0.285. The van der Waals surface area contributed by atoms with Gasteiger partial charge in [-0.25, -0.2) is 0 Å². The number of Topliss-reactive ketones (excluding diaryl/α,β-unsaturated/α-hetero) is 2. The Morgan fingerprint density at radius 3 is 1.25 bits per heavy atom. The van der Waals surface area contributed by atoms with Crippen LogP contribution in [-0.2, 0) is 0 Å². The van der Waals surface area contributed by atoms with Crippen molar-refractivity contribution in [1.82, 2.24) is 0 Å². The van der Waals surface area contributed by atoms with Crippen molar-refractivity contribution in [2.45, 2.75) is 31.2 Å². The number of nitrogens with two attached hydrogens (primary N) is 2. The Hall–Kier alpha value is -4.70. The van der Waals surface area contributed by atoms with E-state index in [0.717, 1.165) is 0 Å². The molecule has 0 saturated heterocycles. The Balaban J connectivity index is 2.69. The largest absolute Gasteiger partial charge is 0.330 e. The fourth-order valence-electron chi connectivity index (χ4n) is 3.44. The third kappa shape index (κ3) is 6.05. The van der Waals surface area contributed by atoms with Crippen LogP contribution >= 0.6 is 0 Å². The van der Waals surface area contributed by atoms with Crippen LogP contribution in [0.15, 0.2) is 36.4 Å². The first kappa shape index (κ1) is 27.5. The van der Waals surface area contributed by atoms with Gasteiger partial charge >= 0.3 is 0 Å². The number of carbonyl (C=O) groups is 2. The lowest BCUT2D eigenvalue weighted by Gasteiger charge is -2.26. The molecule has 36 heavy (non-hydrogen) atoms. The lowest BCUT2D eigenvalue weighted by atomic mass is 9.79. The van der Waals surface area contributed by atoms with Gasteiger partial charge in [0.1, 0.15) is 5.54 Å². The molecule has 0 aliphatic rings. The number of carbonyl (C=O) groups excluding carboxylic acids is 2. The summed E-state index contributed by atoms with van der Waals surface area (Å²) in [5.74, 6) is -2.47. The van der Waals surface area contributed by atoms with E-state index < -0.39 is 70.7 Å². The Morgan fingerprint density at radius 2 is 0.972 bits per heavy atom. The summed E-state index contributed by atoms with van der Waals surface area (Å²) in [5.41, 5.74) is 4.68. The second-order valence-electron chi connectivity index (χ2n) is 7.73. The maximum Gasteiger partial charge on any atom is 0.277 e. The highest BCUT2D eigenvalue weighted by Crippen LogP contribution is 2.31. The molecule has 0 fully saturated rings. The third-order valence-corrected chi connectivity index (χ3v) is 5.26. The van der Waals surface area contributed by atoms with E-state index in [1.807, 2.05) is 0 Å². The van der Waals surface area contributed by atoms with Gasteiger partial charge in [-0.05, 0) is 19.4 Å². The van der Waals surface area contributed by atoms with Crippen molar-refractivity contribution in [2.24, 2.45) is 11.5 Å². The van der Waals surface area contributed by atoms with Crippen molar-refractivity contribution in [3.63, 3.8) is 0 Å². The van der Waals surface area contributed by atoms with Crippen LogP contribution in [0.25, 0.3) is 0 Å². The molecule has 4 N–H and O–H groups in total. The Morgan fingerprint density at radius 1 is 0.639 bits per heavy atom. The normalized spacial score (nSPS) is 11.1. The molecule has 16 heteroatoms. The molecule has 0 unspecified atom stereocenters. The molecule has 2 aromatic carbocycles. The zero-order valence-electron chi connectivity index (χ0n) is 18.5. The predicted octanol–water partition coefficient (Wildman–Crippen LogP) is 2.60. The van der Waals surface area contributed by atoms with Crippen LogP contribution in [0, 0.1) is 40.5 Å². The molecule has 0 amide bonds. The van der Waals surface area contributed by atoms with Crippen LogP contribution in [0.4, 0.5) is 22.7 Å².